The minimum absolute atomic E-state index is 0.0757. The molecule has 6 heteroatoms. The Morgan fingerprint density at radius 2 is 2.00 bits per heavy atom. The number of nitrogens with two attached hydrogens (primary N) is 1. The molecule has 0 atom stereocenters. The van der Waals surface area contributed by atoms with E-state index in [0.29, 0.717) is 18.8 Å². The second-order valence-corrected chi connectivity index (χ2v) is 7.76. The van der Waals surface area contributed by atoms with Gasteiger partial charge in [0.15, 0.2) is 0 Å². The number of nitrogen functional groups attached to an aromatic ring is 1. The zero-order chi connectivity index (χ0) is 15.7. The molecule has 1 aliphatic rings. The zero-order valence-electron chi connectivity index (χ0n) is 12.9. The fraction of sp³-hybridized carbons (Fsp3) is 0.600. The van der Waals surface area contributed by atoms with Crippen molar-refractivity contribution >= 4 is 15.7 Å². The highest BCUT2D eigenvalue weighted by atomic mass is 32.2. The molecular formula is C15H24N2O3S. The van der Waals surface area contributed by atoms with Crippen molar-refractivity contribution in [3.8, 4) is 0 Å². The van der Waals surface area contributed by atoms with Crippen LogP contribution in [0.5, 0.6) is 0 Å². The number of nitrogens with one attached hydrogen (secondary N) is 1. The number of anilines is 1. The zero-order valence-corrected chi connectivity index (χ0v) is 13.7. The quantitative estimate of drug-likeness (QED) is 0.754. The molecule has 118 valence electrons. The summed E-state index contributed by atoms with van der Waals surface area (Å²) in [7, 11) is -1.86. The number of aryl methyl sites for hydroxylation is 1. The normalized spacial score (nSPS) is 16.9. The van der Waals surface area contributed by atoms with E-state index < -0.39 is 10.0 Å². The summed E-state index contributed by atoms with van der Waals surface area (Å²) in [5, 5.41) is 0. The third-order valence-corrected chi connectivity index (χ3v) is 5.89. The van der Waals surface area contributed by atoms with Crippen LogP contribution in [-0.4, -0.2) is 28.7 Å². The van der Waals surface area contributed by atoms with Gasteiger partial charge in [-0.2, -0.15) is 0 Å². The summed E-state index contributed by atoms with van der Waals surface area (Å²) in [6.45, 7) is 4.80. The van der Waals surface area contributed by atoms with Gasteiger partial charge < -0.3 is 10.5 Å². The van der Waals surface area contributed by atoms with Gasteiger partial charge >= 0.3 is 0 Å². The molecule has 0 spiro atoms. The first-order valence-corrected chi connectivity index (χ1v) is 8.63. The van der Waals surface area contributed by atoms with Crippen LogP contribution in [0, 0.1) is 19.3 Å². The van der Waals surface area contributed by atoms with Crippen LogP contribution in [0.2, 0.25) is 0 Å². The molecule has 0 saturated heterocycles. The van der Waals surface area contributed by atoms with Crippen molar-refractivity contribution in [1.82, 2.24) is 4.72 Å². The Hall–Kier alpha value is -1.11. The molecule has 0 unspecified atom stereocenters. The van der Waals surface area contributed by atoms with Crippen LogP contribution >= 0.6 is 0 Å². The predicted octanol–water partition coefficient (Wildman–Crippen LogP) is 1.98. The molecule has 1 aromatic carbocycles. The van der Waals surface area contributed by atoms with E-state index >= 15 is 0 Å². The largest absolute Gasteiger partial charge is 0.399 e. The number of benzene rings is 1. The molecule has 1 saturated carbocycles. The molecule has 0 amide bonds. The van der Waals surface area contributed by atoms with Gasteiger partial charge in [-0.15, -0.1) is 0 Å². The maximum atomic E-state index is 12.5. The lowest BCUT2D eigenvalue weighted by Gasteiger charge is -2.17. The average molecular weight is 312 g/mol. The van der Waals surface area contributed by atoms with Gasteiger partial charge in [-0.05, 0) is 61.8 Å². The van der Waals surface area contributed by atoms with Gasteiger partial charge in [0.25, 0.3) is 0 Å². The van der Waals surface area contributed by atoms with Crippen LogP contribution in [0.1, 0.15) is 30.4 Å². The monoisotopic (exact) mass is 312 g/mol. The minimum atomic E-state index is -3.52. The van der Waals surface area contributed by atoms with Crippen molar-refractivity contribution in [2.75, 3.05) is 26.0 Å². The molecule has 0 bridgehead atoms. The Bertz CT molecular complexity index is 622. The van der Waals surface area contributed by atoms with E-state index in [-0.39, 0.29) is 10.3 Å². The maximum Gasteiger partial charge on any atom is 0.240 e. The second kappa shape index (κ2) is 5.94. The molecule has 3 N–H and O–H groups in total. The van der Waals surface area contributed by atoms with Gasteiger partial charge in [-0.3, -0.25) is 0 Å². The standard InChI is InChI=1S/C15H24N2O3S/c1-11-8-13(16)9-14(12(11)2)21(18,19)17-10-15(4-5-15)6-7-20-3/h8-9,17H,4-7,10,16H2,1-3H3. The topological polar surface area (TPSA) is 81.4 Å². The summed E-state index contributed by atoms with van der Waals surface area (Å²) in [6, 6.07) is 3.31. The van der Waals surface area contributed by atoms with Crippen molar-refractivity contribution in [3.63, 3.8) is 0 Å². The number of methoxy groups -OCH3 is 1. The van der Waals surface area contributed by atoms with E-state index in [1.165, 1.54) is 6.07 Å². The molecule has 21 heavy (non-hydrogen) atoms. The van der Waals surface area contributed by atoms with Crippen molar-refractivity contribution in [2.24, 2.45) is 5.41 Å². The van der Waals surface area contributed by atoms with Crippen molar-refractivity contribution < 1.29 is 13.2 Å². The smallest absolute Gasteiger partial charge is 0.240 e. The average Bonchev–Trinajstić information content (AvgIpc) is 3.19. The third kappa shape index (κ3) is 3.75. The molecule has 0 aromatic heterocycles. The molecule has 0 aliphatic heterocycles. The van der Waals surface area contributed by atoms with E-state index in [0.717, 1.165) is 30.4 Å². The first-order chi connectivity index (χ1) is 9.80. The number of sulfonamides is 1. The van der Waals surface area contributed by atoms with Crippen molar-refractivity contribution in [3.05, 3.63) is 23.3 Å². The lowest BCUT2D eigenvalue weighted by atomic mass is 10.0. The number of rotatable bonds is 7. The summed E-state index contributed by atoms with van der Waals surface area (Å²) in [6.07, 6.45) is 2.99. The first kappa shape index (κ1) is 16.3. The minimum Gasteiger partial charge on any atom is -0.399 e. The summed E-state index contributed by atoms with van der Waals surface area (Å²) in [5.74, 6) is 0. The molecule has 0 radical (unpaired) electrons. The van der Waals surface area contributed by atoms with Crippen LogP contribution in [0.25, 0.3) is 0 Å². The van der Waals surface area contributed by atoms with E-state index in [1.54, 1.807) is 20.1 Å². The second-order valence-electron chi connectivity index (χ2n) is 6.03. The highest BCUT2D eigenvalue weighted by Crippen LogP contribution is 2.48. The van der Waals surface area contributed by atoms with Crippen molar-refractivity contribution in [1.29, 1.82) is 0 Å². The summed E-state index contributed by atoms with van der Waals surface area (Å²) in [4.78, 5) is 0.280. The Balaban J connectivity index is 2.13. The fourth-order valence-corrected chi connectivity index (χ4v) is 3.98. The van der Waals surface area contributed by atoms with Crippen LogP contribution in [0.3, 0.4) is 0 Å². The SMILES string of the molecule is COCCC1(CNS(=O)(=O)c2cc(N)cc(C)c2C)CC1. The summed E-state index contributed by atoms with van der Waals surface area (Å²) >= 11 is 0. The van der Waals surface area contributed by atoms with Crippen molar-refractivity contribution in [2.45, 2.75) is 38.0 Å². The number of hydrogen-bond acceptors (Lipinski definition) is 4. The highest BCUT2D eigenvalue weighted by molar-refractivity contribution is 7.89. The molecule has 1 aliphatic carbocycles. The van der Waals surface area contributed by atoms with Crippen LogP contribution < -0.4 is 10.5 Å². The lowest BCUT2D eigenvalue weighted by Crippen LogP contribution is -2.31. The van der Waals surface area contributed by atoms with Crippen LogP contribution in [0.4, 0.5) is 5.69 Å². The molecule has 2 rings (SSSR count). The number of ether oxygens (including phenoxy) is 1. The summed E-state index contributed by atoms with van der Waals surface area (Å²) < 4.78 is 32.9. The fourth-order valence-electron chi connectivity index (χ4n) is 2.47. The molecular weight excluding hydrogens is 288 g/mol. The predicted molar refractivity (Wildman–Crippen MR) is 83.7 cm³/mol. The van der Waals surface area contributed by atoms with Gasteiger partial charge in [-0.25, -0.2) is 13.1 Å². The van der Waals surface area contributed by atoms with E-state index in [4.69, 9.17) is 10.5 Å². The molecule has 5 nitrogen and oxygen atoms in total. The Morgan fingerprint density at radius 3 is 2.57 bits per heavy atom. The summed E-state index contributed by atoms with van der Waals surface area (Å²) in [5.41, 5.74) is 7.96. The first-order valence-electron chi connectivity index (χ1n) is 7.15. The Morgan fingerprint density at radius 1 is 1.33 bits per heavy atom. The van der Waals surface area contributed by atoms with Crippen LogP contribution in [0.15, 0.2) is 17.0 Å². The molecule has 1 fully saturated rings. The lowest BCUT2D eigenvalue weighted by molar-refractivity contribution is 0.173. The molecule has 0 heterocycles. The molecule has 1 aromatic rings. The van der Waals surface area contributed by atoms with Crippen LogP contribution in [-0.2, 0) is 14.8 Å². The van der Waals surface area contributed by atoms with E-state index in [9.17, 15) is 8.42 Å². The van der Waals surface area contributed by atoms with Gasteiger partial charge in [-0.1, -0.05) is 0 Å². The maximum absolute atomic E-state index is 12.5. The third-order valence-electron chi connectivity index (χ3n) is 4.36. The Labute approximate surface area is 126 Å². The van der Waals surface area contributed by atoms with Gasteiger partial charge in [0.1, 0.15) is 0 Å². The van der Waals surface area contributed by atoms with Gasteiger partial charge in [0, 0.05) is 25.9 Å². The van der Waals surface area contributed by atoms with Gasteiger partial charge in [0.2, 0.25) is 10.0 Å². The van der Waals surface area contributed by atoms with Gasteiger partial charge in [0.05, 0.1) is 4.90 Å². The Kier molecular flexibility index (Phi) is 4.60. The number of hydrogen-bond donors (Lipinski definition) is 2. The van der Waals surface area contributed by atoms with E-state index in [1.807, 2.05) is 6.92 Å². The van der Waals surface area contributed by atoms with E-state index in [2.05, 4.69) is 4.72 Å². The highest BCUT2D eigenvalue weighted by Gasteiger charge is 2.42.